The largest absolute Gasteiger partial charge is 0.491 e. The molecule has 7 heteroatoms. The SMILES string of the molecule is CCNC(=NCC(O)c1cccc(OC(C)C)c1)NCCCN1CC(C)OC(C)C1. The molecular formula is C23H40N4O3. The third-order valence-electron chi connectivity index (χ3n) is 4.82. The van der Waals surface area contributed by atoms with Crippen LogP contribution in [0.1, 0.15) is 52.7 Å². The van der Waals surface area contributed by atoms with Crippen LogP contribution in [0.3, 0.4) is 0 Å². The van der Waals surface area contributed by atoms with Crippen molar-refractivity contribution in [3.63, 3.8) is 0 Å². The average molecular weight is 421 g/mol. The number of aliphatic hydroxyl groups excluding tert-OH is 1. The summed E-state index contributed by atoms with van der Waals surface area (Å²) in [6.07, 6.45) is 1.05. The molecule has 30 heavy (non-hydrogen) atoms. The second-order valence-corrected chi connectivity index (χ2v) is 8.27. The van der Waals surface area contributed by atoms with E-state index in [2.05, 4.69) is 34.4 Å². The van der Waals surface area contributed by atoms with E-state index in [-0.39, 0.29) is 6.10 Å². The van der Waals surface area contributed by atoms with Crippen molar-refractivity contribution in [2.45, 2.75) is 65.5 Å². The van der Waals surface area contributed by atoms with Crippen molar-refractivity contribution in [3.8, 4) is 5.75 Å². The number of rotatable bonds is 10. The van der Waals surface area contributed by atoms with E-state index in [9.17, 15) is 5.11 Å². The molecule has 0 spiro atoms. The van der Waals surface area contributed by atoms with Crippen LogP contribution in [0.25, 0.3) is 0 Å². The van der Waals surface area contributed by atoms with Gasteiger partial charge in [-0.05, 0) is 58.7 Å². The quantitative estimate of drug-likeness (QED) is 0.307. The third-order valence-corrected chi connectivity index (χ3v) is 4.82. The van der Waals surface area contributed by atoms with E-state index < -0.39 is 6.10 Å². The number of aliphatic imine (C=N–C) groups is 1. The van der Waals surface area contributed by atoms with Crippen LogP contribution in [0, 0.1) is 0 Å². The van der Waals surface area contributed by atoms with Gasteiger partial charge >= 0.3 is 0 Å². The predicted molar refractivity (Wildman–Crippen MR) is 122 cm³/mol. The molecule has 0 radical (unpaired) electrons. The zero-order valence-electron chi connectivity index (χ0n) is 19.2. The van der Waals surface area contributed by atoms with Crippen molar-refractivity contribution in [3.05, 3.63) is 29.8 Å². The Kier molecular flexibility index (Phi) is 10.4. The molecule has 1 fully saturated rings. The number of hydrogen-bond donors (Lipinski definition) is 3. The highest BCUT2D eigenvalue weighted by molar-refractivity contribution is 5.79. The Morgan fingerprint density at radius 1 is 1.27 bits per heavy atom. The van der Waals surface area contributed by atoms with E-state index in [1.165, 1.54) is 0 Å². The lowest BCUT2D eigenvalue weighted by molar-refractivity contribution is -0.0679. The van der Waals surface area contributed by atoms with Crippen molar-refractivity contribution in [1.29, 1.82) is 0 Å². The Bertz CT molecular complexity index is 643. The summed E-state index contributed by atoms with van der Waals surface area (Å²) in [5.41, 5.74) is 0.809. The van der Waals surface area contributed by atoms with Gasteiger partial charge < -0.3 is 25.2 Å². The maximum absolute atomic E-state index is 10.6. The van der Waals surface area contributed by atoms with E-state index in [1.807, 2.05) is 45.0 Å². The van der Waals surface area contributed by atoms with Crippen LogP contribution < -0.4 is 15.4 Å². The van der Waals surface area contributed by atoms with Crippen molar-refractivity contribution in [2.24, 2.45) is 4.99 Å². The van der Waals surface area contributed by atoms with Crippen LogP contribution in [-0.4, -0.2) is 73.5 Å². The summed E-state index contributed by atoms with van der Waals surface area (Å²) in [6, 6.07) is 7.58. The molecule has 2 rings (SSSR count). The first-order chi connectivity index (χ1) is 14.4. The fraction of sp³-hybridized carbons (Fsp3) is 0.696. The fourth-order valence-electron chi connectivity index (χ4n) is 3.67. The van der Waals surface area contributed by atoms with E-state index >= 15 is 0 Å². The first-order valence-electron chi connectivity index (χ1n) is 11.2. The minimum atomic E-state index is -0.674. The molecule has 0 amide bonds. The van der Waals surface area contributed by atoms with Gasteiger partial charge in [0.2, 0.25) is 0 Å². The molecule has 170 valence electrons. The lowest BCUT2D eigenvalue weighted by Crippen LogP contribution is -2.46. The predicted octanol–water partition coefficient (Wildman–Crippen LogP) is 2.56. The molecule has 3 unspecified atom stereocenters. The van der Waals surface area contributed by atoms with E-state index in [4.69, 9.17) is 9.47 Å². The second kappa shape index (κ2) is 12.8. The van der Waals surface area contributed by atoms with Crippen molar-refractivity contribution >= 4 is 5.96 Å². The number of aliphatic hydroxyl groups is 1. The van der Waals surface area contributed by atoms with Crippen LogP contribution in [0.15, 0.2) is 29.3 Å². The highest BCUT2D eigenvalue weighted by Gasteiger charge is 2.21. The summed E-state index contributed by atoms with van der Waals surface area (Å²) in [5.74, 6) is 1.50. The van der Waals surface area contributed by atoms with Gasteiger partial charge in [0.05, 0.1) is 31.0 Å². The molecule has 1 aliphatic rings. The first kappa shape index (κ1) is 24.4. The summed E-state index contributed by atoms with van der Waals surface area (Å²) < 4.78 is 11.5. The van der Waals surface area contributed by atoms with Crippen LogP contribution in [-0.2, 0) is 4.74 Å². The smallest absolute Gasteiger partial charge is 0.191 e. The Balaban J connectivity index is 1.80. The van der Waals surface area contributed by atoms with Gasteiger partial charge in [-0.15, -0.1) is 0 Å². The number of nitrogens with zero attached hydrogens (tertiary/aromatic N) is 2. The molecule has 7 nitrogen and oxygen atoms in total. The highest BCUT2D eigenvalue weighted by Crippen LogP contribution is 2.20. The number of morpholine rings is 1. The summed E-state index contributed by atoms with van der Waals surface area (Å²) in [6.45, 7) is 15.2. The number of hydrogen-bond acceptors (Lipinski definition) is 5. The molecule has 3 atom stereocenters. The molecule has 0 aliphatic carbocycles. The normalized spacial score (nSPS) is 21.5. The lowest BCUT2D eigenvalue weighted by atomic mass is 10.1. The van der Waals surface area contributed by atoms with Crippen LogP contribution >= 0.6 is 0 Å². The van der Waals surface area contributed by atoms with Gasteiger partial charge in [-0.2, -0.15) is 0 Å². The molecule has 1 heterocycles. The highest BCUT2D eigenvalue weighted by atomic mass is 16.5. The molecule has 0 aromatic heterocycles. The van der Waals surface area contributed by atoms with Gasteiger partial charge in [0.15, 0.2) is 5.96 Å². The Labute approximate surface area is 181 Å². The number of nitrogens with one attached hydrogen (secondary N) is 2. The van der Waals surface area contributed by atoms with Crippen molar-refractivity contribution in [2.75, 3.05) is 39.3 Å². The molecule has 1 aromatic carbocycles. The Morgan fingerprint density at radius 2 is 2.00 bits per heavy atom. The van der Waals surface area contributed by atoms with E-state index in [0.29, 0.717) is 18.8 Å². The van der Waals surface area contributed by atoms with Gasteiger partial charge in [0, 0.05) is 32.7 Å². The van der Waals surface area contributed by atoms with Crippen molar-refractivity contribution in [1.82, 2.24) is 15.5 Å². The standard InChI is InChI=1S/C23H40N4O3/c1-6-24-23(25-11-8-12-27-15-18(4)30-19(5)16-27)26-14-22(28)20-9-7-10-21(13-20)29-17(2)3/h7,9-10,13,17-19,22,28H,6,8,11-12,14-16H2,1-5H3,(H2,24,25,26). The monoisotopic (exact) mass is 420 g/mol. The summed E-state index contributed by atoms with van der Waals surface area (Å²) in [5, 5.41) is 17.2. The van der Waals surface area contributed by atoms with Gasteiger partial charge in [-0.1, -0.05) is 12.1 Å². The second-order valence-electron chi connectivity index (χ2n) is 8.27. The third kappa shape index (κ3) is 8.90. The van der Waals surface area contributed by atoms with Crippen LogP contribution in [0.2, 0.25) is 0 Å². The van der Waals surface area contributed by atoms with Gasteiger partial charge in [-0.3, -0.25) is 9.89 Å². The molecule has 3 N–H and O–H groups in total. The zero-order valence-corrected chi connectivity index (χ0v) is 19.2. The summed E-state index contributed by atoms with van der Waals surface area (Å²) in [4.78, 5) is 7.02. The lowest BCUT2D eigenvalue weighted by Gasteiger charge is -2.35. The van der Waals surface area contributed by atoms with Crippen molar-refractivity contribution < 1.29 is 14.6 Å². The van der Waals surface area contributed by atoms with Gasteiger partial charge in [0.25, 0.3) is 0 Å². The van der Waals surface area contributed by atoms with Gasteiger partial charge in [0.1, 0.15) is 5.75 Å². The minimum Gasteiger partial charge on any atom is -0.491 e. The minimum absolute atomic E-state index is 0.101. The fourth-order valence-corrected chi connectivity index (χ4v) is 3.67. The Morgan fingerprint density at radius 3 is 2.67 bits per heavy atom. The first-order valence-corrected chi connectivity index (χ1v) is 11.2. The molecule has 1 aliphatic heterocycles. The maximum atomic E-state index is 10.6. The van der Waals surface area contributed by atoms with Gasteiger partial charge in [-0.25, -0.2) is 0 Å². The number of guanidine groups is 1. The zero-order chi connectivity index (χ0) is 21.9. The van der Waals surface area contributed by atoms with Crippen LogP contribution in [0.5, 0.6) is 5.75 Å². The Hall–Kier alpha value is -1.83. The van der Waals surface area contributed by atoms with E-state index in [0.717, 1.165) is 56.4 Å². The molecular weight excluding hydrogens is 380 g/mol. The molecule has 0 bridgehead atoms. The summed E-state index contributed by atoms with van der Waals surface area (Å²) in [7, 11) is 0. The number of ether oxygens (including phenoxy) is 2. The van der Waals surface area contributed by atoms with Crippen LogP contribution in [0.4, 0.5) is 0 Å². The molecule has 1 saturated heterocycles. The number of benzene rings is 1. The van der Waals surface area contributed by atoms with E-state index in [1.54, 1.807) is 0 Å². The average Bonchev–Trinajstić information content (AvgIpc) is 2.68. The molecule has 1 aromatic rings. The summed E-state index contributed by atoms with van der Waals surface area (Å²) >= 11 is 0. The molecule has 0 saturated carbocycles. The topological polar surface area (TPSA) is 78.4 Å². The maximum Gasteiger partial charge on any atom is 0.191 e.